The Morgan fingerprint density at radius 2 is 1.94 bits per heavy atom. The third-order valence-electron chi connectivity index (χ3n) is 3.93. The topological polar surface area (TPSA) is 21.3 Å². The smallest absolute Gasteiger partial charge is 0.261 e. The zero-order valence-electron chi connectivity index (χ0n) is 10.3. The van der Waals surface area contributed by atoms with Gasteiger partial charge in [0.1, 0.15) is 6.61 Å². The first kappa shape index (κ1) is 13.2. The van der Waals surface area contributed by atoms with Gasteiger partial charge in [-0.05, 0) is 37.5 Å². The van der Waals surface area contributed by atoms with Gasteiger partial charge in [-0.3, -0.25) is 0 Å². The van der Waals surface area contributed by atoms with Crippen molar-refractivity contribution >= 4 is 0 Å². The van der Waals surface area contributed by atoms with Crippen LogP contribution in [0.5, 0.6) is 0 Å². The largest absolute Gasteiger partial charge is 0.374 e. The highest BCUT2D eigenvalue weighted by molar-refractivity contribution is 4.87. The summed E-state index contributed by atoms with van der Waals surface area (Å²) in [6, 6.07) is 0.587. The lowest BCUT2D eigenvalue weighted by atomic mass is 9.83. The molecule has 4 heteroatoms. The van der Waals surface area contributed by atoms with Crippen LogP contribution in [-0.4, -0.2) is 32.2 Å². The summed E-state index contributed by atoms with van der Waals surface area (Å²) < 4.78 is 28.5. The molecule has 2 atom stereocenters. The Labute approximate surface area is 102 Å². The molecule has 1 N–H and O–H groups in total. The standard InChI is InChI=1S/C13H23F2NO/c14-13(15)9-17-7-6-16-12-3-1-2-11(8-12)10-4-5-10/h10-13,16H,1-9H2. The zero-order valence-corrected chi connectivity index (χ0v) is 10.3. The zero-order chi connectivity index (χ0) is 12.1. The third-order valence-corrected chi connectivity index (χ3v) is 3.93. The van der Waals surface area contributed by atoms with Gasteiger partial charge in [0, 0.05) is 12.6 Å². The molecule has 0 radical (unpaired) electrons. The van der Waals surface area contributed by atoms with Crippen LogP contribution in [0.3, 0.4) is 0 Å². The summed E-state index contributed by atoms with van der Waals surface area (Å²) >= 11 is 0. The molecule has 0 heterocycles. The minimum atomic E-state index is -2.34. The van der Waals surface area contributed by atoms with Gasteiger partial charge >= 0.3 is 0 Å². The maximum atomic E-state index is 11.8. The Morgan fingerprint density at radius 1 is 1.12 bits per heavy atom. The normalized spacial score (nSPS) is 29.8. The van der Waals surface area contributed by atoms with E-state index in [0.29, 0.717) is 19.2 Å². The molecule has 0 aliphatic heterocycles. The number of alkyl halides is 2. The van der Waals surface area contributed by atoms with E-state index in [1.165, 1.54) is 38.5 Å². The summed E-state index contributed by atoms with van der Waals surface area (Å²) in [5, 5.41) is 3.44. The van der Waals surface area contributed by atoms with Crippen LogP contribution in [0.2, 0.25) is 0 Å². The number of hydrogen-bond acceptors (Lipinski definition) is 2. The van der Waals surface area contributed by atoms with Gasteiger partial charge in [0.05, 0.1) is 6.61 Å². The average molecular weight is 247 g/mol. The van der Waals surface area contributed by atoms with E-state index in [4.69, 9.17) is 4.74 Å². The van der Waals surface area contributed by atoms with Crippen molar-refractivity contribution in [2.24, 2.45) is 11.8 Å². The molecule has 0 bridgehead atoms. The van der Waals surface area contributed by atoms with Crippen molar-refractivity contribution in [3.05, 3.63) is 0 Å². The first-order valence-corrected chi connectivity index (χ1v) is 6.85. The second-order valence-electron chi connectivity index (χ2n) is 5.38. The van der Waals surface area contributed by atoms with E-state index in [1.807, 2.05) is 0 Å². The fourth-order valence-corrected chi connectivity index (χ4v) is 2.92. The molecule has 2 rings (SSSR count). The number of hydrogen-bond donors (Lipinski definition) is 1. The molecule has 0 spiro atoms. The molecule has 0 saturated heterocycles. The van der Waals surface area contributed by atoms with Crippen molar-refractivity contribution in [1.82, 2.24) is 5.32 Å². The summed E-state index contributed by atoms with van der Waals surface area (Å²) in [6.45, 7) is 0.667. The number of halogens is 2. The van der Waals surface area contributed by atoms with Crippen molar-refractivity contribution in [1.29, 1.82) is 0 Å². The molecule has 2 unspecified atom stereocenters. The highest BCUT2D eigenvalue weighted by Crippen LogP contribution is 2.43. The maximum absolute atomic E-state index is 11.8. The van der Waals surface area contributed by atoms with Gasteiger partial charge in [0.25, 0.3) is 6.43 Å². The van der Waals surface area contributed by atoms with Crippen LogP contribution in [-0.2, 0) is 4.74 Å². The van der Waals surface area contributed by atoms with Crippen LogP contribution in [0.15, 0.2) is 0 Å². The molecule has 17 heavy (non-hydrogen) atoms. The first-order valence-electron chi connectivity index (χ1n) is 6.85. The third kappa shape index (κ3) is 4.88. The SMILES string of the molecule is FC(F)COCCNC1CCCC(C2CC2)C1. The lowest BCUT2D eigenvalue weighted by Crippen LogP contribution is -2.36. The van der Waals surface area contributed by atoms with Gasteiger partial charge in [-0.15, -0.1) is 0 Å². The molecule has 0 aromatic rings. The Hall–Kier alpha value is -0.220. The van der Waals surface area contributed by atoms with E-state index in [0.717, 1.165) is 11.8 Å². The van der Waals surface area contributed by atoms with Crippen LogP contribution >= 0.6 is 0 Å². The van der Waals surface area contributed by atoms with Gasteiger partial charge in [0.2, 0.25) is 0 Å². The summed E-state index contributed by atoms with van der Waals surface area (Å²) in [6.07, 6.45) is 5.73. The van der Waals surface area contributed by atoms with Crippen LogP contribution in [0.1, 0.15) is 38.5 Å². The molecule has 0 amide bonds. The second kappa shape index (κ2) is 6.64. The van der Waals surface area contributed by atoms with Crippen molar-refractivity contribution in [2.45, 2.75) is 51.0 Å². The Bertz CT molecular complexity index is 221. The second-order valence-corrected chi connectivity index (χ2v) is 5.38. The summed E-state index contributed by atoms with van der Waals surface area (Å²) in [7, 11) is 0. The first-order chi connectivity index (χ1) is 8.25. The molecular formula is C13H23F2NO. The van der Waals surface area contributed by atoms with Gasteiger partial charge < -0.3 is 10.1 Å². The fourth-order valence-electron chi connectivity index (χ4n) is 2.92. The number of rotatable bonds is 7. The molecule has 0 aromatic carbocycles. The quantitative estimate of drug-likeness (QED) is 0.698. The van der Waals surface area contributed by atoms with Gasteiger partial charge in [-0.25, -0.2) is 8.78 Å². The predicted molar refractivity (Wildman–Crippen MR) is 63.3 cm³/mol. The van der Waals surface area contributed by atoms with E-state index in [2.05, 4.69) is 5.32 Å². The van der Waals surface area contributed by atoms with Crippen LogP contribution in [0, 0.1) is 11.8 Å². The summed E-state index contributed by atoms with van der Waals surface area (Å²) in [4.78, 5) is 0. The molecule has 2 aliphatic carbocycles. The highest BCUT2D eigenvalue weighted by atomic mass is 19.3. The maximum Gasteiger partial charge on any atom is 0.261 e. The van der Waals surface area contributed by atoms with Crippen molar-refractivity contribution in [3.8, 4) is 0 Å². The van der Waals surface area contributed by atoms with Crippen LogP contribution in [0.4, 0.5) is 8.78 Å². The molecule has 2 fully saturated rings. The van der Waals surface area contributed by atoms with E-state index in [9.17, 15) is 8.78 Å². The van der Waals surface area contributed by atoms with E-state index in [-0.39, 0.29) is 0 Å². The van der Waals surface area contributed by atoms with Crippen LogP contribution in [0.25, 0.3) is 0 Å². The average Bonchev–Trinajstić information content (AvgIpc) is 3.12. The fraction of sp³-hybridized carbons (Fsp3) is 1.00. The molecule has 2 aliphatic rings. The van der Waals surface area contributed by atoms with E-state index >= 15 is 0 Å². The molecule has 0 aromatic heterocycles. The Kier molecular flexibility index (Phi) is 5.16. The highest BCUT2D eigenvalue weighted by Gasteiger charge is 2.34. The van der Waals surface area contributed by atoms with E-state index < -0.39 is 13.0 Å². The van der Waals surface area contributed by atoms with Crippen molar-refractivity contribution in [2.75, 3.05) is 19.8 Å². The van der Waals surface area contributed by atoms with E-state index in [1.54, 1.807) is 0 Å². The van der Waals surface area contributed by atoms with Crippen molar-refractivity contribution < 1.29 is 13.5 Å². The lowest BCUT2D eigenvalue weighted by Gasteiger charge is -2.30. The minimum absolute atomic E-state index is 0.398. The summed E-state index contributed by atoms with van der Waals surface area (Å²) in [5.74, 6) is 1.91. The Morgan fingerprint density at radius 3 is 2.65 bits per heavy atom. The molecule has 2 nitrogen and oxygen atoms in total. The Balaban J connectivity index is 1.52. The lowest BCUT2D eigenvalue weighted by molar-refractivity contribution is 0.0177. The molecule has 100 valence electrons. The van der Waals surface area contributed by atoms with Crippen LogP contribution < -0.4 is 5.32 Å². The molecular weight excluding hydrogens is 224 g/mol. The number of ether oxygens (including phenoxy) is 1. The minimum Gasteiger partial charge on any atom is -0.374 e. The van der Waals surface area contributed by atoms with Gasteiger partial charge in [-0.2, -0.15) is 0 Å². The van der Waals surface area contributed by atoms with Gasteiger partial charge in [-0.1, -0.05) is 12.8 Å². The summed E-state index contributed by atoms with van der Waals surface area (Å²) in [5.41, 5.74) is 0. The molecule has 2 saturated carbocycles. The van der Waals surface area contributed by atoms with Crippen molar-refractivity contribution in [3.63, 3.8) is 0 Å². The van der Waals surface area contributed by atoms with Gasteiger partial charge in [0.15, 0.2) is 0 Å². The predicted octanol–water partition coefficient (Wildman–Crippen LogP) is 2.83. The number of nitrogens with one attached hydrogen (secondary N) is 1. The monoisotopic (exact) mass is 247 g/mol.